The number of hydrogen-bond donors (Lipinski definition) is 0. The molecule has 0 bridgehead atoms. The Kier molecular flexibility index (Phi) is 6.13. The highest BCUT2D eigenvalue weighted by atomic mass is 32.1. The number of rotatable bonds is 5. The third-order valence-electron chi connectivity index (χ3n) is 7.33. The Labute approximate surface area is 233 Å². The fourth-order valence-electron chi connectivity index (χ4n) is 5.56. The van der Waals surface area contributed by atoms with Crippen LogP contribution in [0.3, 0.4) is 0 Å². The molecule has 6 aromatic carbocycles. The van der Waals surface area contributed by atoms with Gasteiger partial charge in [-0.3, -0.25) is 0 Å². The summed E-state index contributed by atoms with van der Waals surface area (Å²) in [6, 6.07) is 56.7. The van der Waals surface area contributed by atoms with Crippen molar-refractivity contribution >= 4 is 22.1 Å². The van der Waals surface area contributed by atoms with Gasteiger partial charge in [-0.1, -0.05) is 158 Å². The standard InChI is InChI=1S/C38H26S/c1-4-15-27(16-5-1)30-21-10-11-22-32(30)37-33-23-12-13-24-34(33)38(39-37)35-26-14-25-31(28-17-6-2-7-18-28)36(35)29-19-8-3-9-20-29/h1-26H. The lowest BCUT2D eigenvalue weighted by atomic mass is 9.89. The summed E-state index contributed by atoms with van der Waals surface area (Å²) in [6.45, 7) is 0. The van der Waals surface area contributed by atoms with Crippen LogP contribution in [0, 0.1) is 0 Å². The number of thiophene rings is 1. The van der Waals surface area contributed by atoms with Crippen LogP contribution in [0.2, 0.25) is 0 Å². The van der Waals surface area contributed by atoms with Crippen LogP contribution >= 0.6 is 11.3 Å². The lowest BCUT2D eigenvalue weighted by molar-refractivity contribution is 1.58. The Morgan fingerprint density at radius 3 is 1.31 bits per heavy atom. The zero-order chi connectivity index (χ0) is 26.0. The molecule has 0 aliphatic rings. The van der Waals surface area contributed by atoms with Crippen LogP contribution in [-0.2, 0) is 0 Å². The summed E-state index contributed by atoms with van der Waals surface area (Å²) in [7, 11) is 0. The third kappa shape index (κ3) is 4.27. The van der Waals surface area contributed by atoms with Crippen LogP contribution < -0.4 is 0 Å². The molecule has 0 radical (unpaired) electrons. The summed E-state index contributed by atoms with van der Waals surface area (Å²) in [6.07, 6.45) is 0. The highest BCUT2D eigenvalue weighted by Gasteiger charge is 2.21. The van der Waals surface area contributed by atoms with E-state index in [1.165, 1.54) is 65.0 Å². The van der Waals surface area contributed by atoms with Crippen molar-refractivity contribution in [2.24, 2.45) is 0 Å². The van der Waals surface area contributed by atoms with E-state index in [1.807, 2.05) is 11.3 Å². The molecule has 0 N–H and O–H groups in total. The number of hydrogen-bond acceptors (Lipinski definition) is 1. The summed E-state index contributed by atoms with van der Waals surface area (Å²) in [5.74, 6) is 0. The zero-order valence-corrected chi connectivity index (χ0v) is 22.2. The number of fused-ring (bicyclic) bond motifs is 1. The minimum absolute atomic E-state index is 1.23. The molecule has 0 atom stereocenters. The monoisotopic (exact) mass is 514 g/mol. The first-order valence-corrected chi connectivity index (χ1v) is 14.1. The van der Waals surface area contributed by atoms with Crippen molar-refractivity contribution in [3.05, 3.63) is 158 Å². The van der Waals surface area contributed by atoms with E-state index in [9.17, 15) is 0 Å². The van der Waals surface area contributed by atoms with E-state index in [0.29, 0.717) is 0 Å². The van der Waals surface area contributed by atoms with Gasteiger partial charge in [0.05, 0.1) is 0 Å². The Balaban J connectivity index is 1.52. The topological polar surface area (TPSA) is 0 Å². The zero-order valence-electron chi connectivity index (χ0n) is 21.4. The molecule has 7 aromatic rings. The fourth-order valence-corrected chi connectivity index (χ4v) is 6.91. The summed E-state index contributed by atoms with van der Waals surface area (Å²) >= 11 is 1.90. The lowest BCUT2D eigenvalue weighted by Crippen LogP contribution is -1.89. The van der Waals surface area contributed by atoms with Crippen molar-refractivity contribution in [3.8, 4) is 54.3 Å². The maximum Gasteiger partial charge on any atom is 0.0434 e. The van der Waals surface area contributed by atoms with Crippen LogP contribution in [0.4, 0.5) is 0 Å². The molecule has 39 heavy (non-hydrogen) atoms. The molecule has 1 aromatic heterocycles. The predicted octanol–water partition coefficient (Wildman–Crippen LogP) is 11.2. The molecule has 0 unspecified atom stereocenters. The van der Waals surface area contributed by atoms with Crippen molar-refractivity contribution in [3.63, 3.8) is 0 Å². The summed E-state index contributed by atoms with van der Waals surface area (Å²) < 4.78 is 0. The van der Waals surface area contributed by atoms with Crippen molar-refractivity contribution in [1.82, 2.24) is 0 Å². The van der Waals surface area contributed by atoms with E-state index in [2.05, 4.69) is 158 Å². The Hall–Kier alpha value is -4.72. The smallest absolute Gasteiger partial charge is 0.0434 e. The molecule has 0 saturated heterocycles. The highest BCUT2D eigenvalue weighted by Crippen LogP contribution is 2.50. The molecule has 0 nitrogen and oxygen atoms in total. The quantitative estimate of drug-likeness (QED) is 0.214. The normalized spacial score (nSPS) is 11.1. The summed E-state index contributed by atoms with van der Waals surface area (Å²) in [5, 5.41) is 2.59. The molecular weight excluding hydrogens is 488 g/mol. The first-order valence-electron chi connectivity index (χ1n) is 13.3. The van der Waals surface area contributed by atoms with Gasteiger partial charge in [-0.15, -0.1) is 11.3 Å². The Morgan fingerprint density at radius 2 is 0.692 bits per heavy atom. The van der Waals surface area contributed by atoms with Gasteiger partial charge in [-0.2, -0.15) is 0 Å². The summed E-state index contributed by atoms with van der Waals surface area (Å²) in [5.41, 5.74) is 10.0. The van der Waals surface area contributed by atoms with Gasteiger partial charge < -0.3 is 0 Å². The molecule has 0 aliphatic heterocycles. The van der Waals surface area contributed by atoms with E-state index in [0.717, 1.165) is 0 Å². The van der Waals surface area contributed by atoms with Gasteiger partial charge in [0.1, 0.15) is 0 Å². The molecule has 1 heteroatoms. The molecule has 0 aliphatic carbocycles. The maximum atomic E-state index is 2.29. The minimum Gasteiger partial charge on any atom is -0.134 e. The molecular formula is C38H26S. The second kappa shape index (κ2) is 10.2. The first-order chi connectivity index (χ1) is 19.4. The Morgan fingerprint density at radius 1 is 0.282 bits per heavy atom. The predicted molar refractivity (Wildman–Crippen MR) is 169 cm³/mol. The average Bonchev–Trinajstić information content (AvgIpc) is 3.41. The van der Waals surface area contributed by atoms with Gasteiger partial charge in [0, 0.05) is 31.7 Å². The van der Waals surface area contributed by atoms with Crippen LogP contribution in [0.5, 0.6) is 0 Å². The van der Waals surface area contributed by atoms with E-state index < -0.39 is 0 Å². The molecule has 0 spiro atoms. The van der Waals surface area contributed by atoms with Gasteiger partial charge in [0.2, 0.25) is 0 Å². The first kappa shape index (κ1) is 23.4. The minimum atomic E-state index is 1.23. The van der Waals surface area contributed by atoms with E-state index >= 15 is 0 Å². The SMILES string of the molecule is c1ccc(-c2ccccc2-c2sc(-c3cccc(-c4ccccc4)c3-c3ccccc3)c3ccccc23)cc1. The van der Waals surface area contributed by atoms with Crippen LogP contribution in [0.15, 0.2) is 158 Å². The largest absolute Gasteiger partial charge is 0.134 e. The Bertz CT molecular complexity index is 1880. The van der Waals surface area contributed by atoms with E-state index in [4.69, 9.17) is 0 Å². The summed E-state index contributed by atoms with van der Waals surface area (Å²) in [4.78, 5) is 2.62. The third-order valence-corrected chi connectivity index (χ3v) is 8.62. The van der Waals surface area contributed by atoms with Crippen LogP contribution in [-0.4, -0.2) is 0 Å². The van der Waals surface area contributed by atoms with Crippen molar-refractivity contribution in [2.45, 2.75) is 0 Å². The van der Waals surface area contributed by atoms with Gasteiger partial charge in [0.15, 0.2) is 0 Å². The van der Waals surface area contributed by atoms with Crippen molar-refractivity contribution in [2.75, 3.05) is 0 Å². The molecule has 0 amide bonds. The van der Waals surface area contributed by atoms with Crippen molar-refractivity contribution in [1.29, 1.82) is 0 Å². The molecule has 184 valence electrons. The average molecular weight is 515 g/mol. The van der Waals surface area contributed by atoms with Crippen LogP contribution in [0.25, 0.3) is 65.0 Å². The van der Waals surface area contributed by atoms with E-state index in [1.54, 1.807) is 0 Å². The van der Waals surface area contributed by atoms with Gasteiger partial charge in [-0.05, 0) is 33.4 Å². The van der Waals surface area contributed by atoms with Crippen LogP contribution in [0.1, 0.15) is 0 Å². The lowest BCUT2D eigenvalue weighted by Gasteiger charge is -2.15. The second-order valence-electron chi connectivity index (χ2n) is 9.68. The molecule has 7 rings (SSSR count). The van der Waals surface area contributed by atoms with Gasteiger partial charge >= 0.3 is 0 Å². The molecule has 0 saturated carbocycles. The van der Waals surface area contributed by atoms with Gasteiger partial charge in [-0.25, -0.2) is 0 Å². The molecule has 1 heterocycles. The van der Waals surface area contributed by atoms with Crippen molar-refractivity contribution < 1.29 is 0 Å². The van der Waals surface area contributed by atoms with Gasteiger partial charge in [0.25, 0.3) is 0 Å². The fraction of sp³-hybridized carbons (Fsp3) is 0. The molecule has 0 fully saturated rings. The highest BCUT2D eigenvalue weighted by molar-refractivity contribution is 7.21. The van der Waals surface area contributed by atoms with E-state index in [-0.39, 0.29) is 0 Å². The maximum absolute atomic E-state index is 2.29. The second-order valence-corrected chi connectivity index (χ2v) is 10.7. The number of benzene rings is 6.